The van der Waals surface area contributed by atoms with Crippen molar-refractivity contribution in [2.75, 3.05) is 20.7 Å². The molecule has 7 nitrogen and oxygen atoms in total. The normalized spacial score (nSPS) is 15.9. The topological polar surface area (TPSA) is 72.7 Å². The number of methoxy groups -OCH3 is 1. The van der Waals surface area contributed by atoms with Crippen molar-refractivity contribution >= 4 is 5.96 Å². The molecule has 0 aliphatic heterocycles. The van der Waals surface area contributed by atoms with Gasteiger partial charge in [0.1, 0.15) is 0 Å². The van der Waals surface area contributed by atoms with Crippen LogP contribution in [0.25, 0.3) is 0 Å². The summed E-state index contributed by atoms with van der Waals surface area (Å²) in [7, 11) is 3.48. The van der Waals surface area contributed by atoms with Gasteiger partial charge in [-0.2, -0.15) is 5.10 Å². The van der Waals surface area contributed by atoms with Gasteiger partial charge in [-0.05, 0) is 43.7 Å². The van der Waals surface area contributed by atoms with Crippen LogP contribution in [0.15, 0.2) is 41.7 Å². The number of guanidine groups is 1. The SMILES string of the molecule is CN=C(NCc1cccc(OC)c1OC1CCCC1)NCC(C)Cn1cccn1. The summed E-state index contributed by atoms with van der Waals surface area (Å²) in [6, 6.07) is 7.98. The third-order valence-electron chi connectivity index (χ3n) is 5.21. The number of nitrogens with zero attached hydrogens (tertiary/aromatic N) is 3. The van der Waals surface area contributed by atoms with Crippen LogP contribution >= 0.6 is 0 Å². The fourth-order valence-electron chi connectivity index (χ4n) is 3.63. The molecule has 0 spiro atoms. The van der Waals surface area contributed by atoms with Crippen molar-refractivity contribution in [2.45, 2.75) is 51.8 Å². The van der Waals surface area contributed by atoms with Crippen LogP contribution < -0.4 is 20.1 Å². The molecule has 1 aliphatic rings. The molecule has 0 bridgehead atoms. The lowest BCUT2D eigenvalue weighted by Gasteiger charge is -2.20. The second-order valence-electron chi connectivity index (χ2n) is 7.61. The first-order valence-corrected chi connectivity index (χ1v) is 10.4. The summed E-state index contributed by atoms with van der Waals surface area (Å²) >= 11 is 0. The van der Waals surface area contributed by atoms with Gasteiger partial charge in [0.25, 0.3) is 0 Å². The average molecular weight is 400 g/mol. The zero-order valence-electron chi connectivity index (χ0n) is 17.7. The Bertz CT molecular complexity index is 770. The number of aromatic nitrogens is 2. The van der Waals surface area contributed by atoms with Gasteiger partial charge in [-0.3, -0.25) is 9.67 Å². The first-order valence-electron chi connectivity index (χ1n) is 10.4. The molecule has 1 aromatic heterocycles. The van der Waals surface area contributed by atoms with E-state index in [1.54, 1.807) is 20.4 Å². The highest BCUT2D eigenvalue weighted by Crippen LogP contribution is 2.34. The largest absolute Gasteiger partial charge is 0.493 e. The molecule has 1 fully saturated rings. The molecule has 2 N–H and O–H groups in total. The van der Waals surface area contributed by atoms with E-state index in [-0.39, 0.29) is 6.10 Å². The van der Waals surface area contributed by atoms with Gasteiger partial charge in [-0.1, -0.05) is 19.1 Å². The predicted molar refractivity (Wildman–Crippen MR) is 115 cm³/mol. The van der Waals surface area contributed by atoms with Crippen molar-refractivity contribution in [1.29, 1.82) is 0 Å². The monoisotopic (exact) mass is 399 g/mol. The Kier molecular flexibility index (Phi) is 7.78. The Morgan fingerprint density at radius 2 is 2.10 bits per heavy atom. The Labute approximate surface area is 173 Å². The Morgan fingerprint density at radius 3 is 2.79 bits per heavy atom. The second-order valence-corrected chi connectivity index (χ2v) is 7.61. The summed E-state index contributed by atoms with van der Waals surface area (Å²) in [6.07, 6.45) is 8.77. The van der Waals surface area contributed by atoms with Gasteiger partial charge in [0.05, 0.1) is 13.2 Å². The molecule has 29 heavy (non-hydrogen) atoms. The number of nitrogens with one attached hydrogen (secondary N) is 2. The van der Waals surface area contributed by atoms with Crippen molar-refractivity contribution in [3.63, 3.8) is 0 Å². The minimum Gasteiger partial charge on any atom is -0.493 e. The Morgan fingerprint density at radius 1 is 1.28 bits per heavy atom. The number of ether oxygens (including phenoxy) is 2. The summed E-state index contributed by atoms with van der Waals surface area (Å²) in [5, 5.41) is 11.1. The van der Waals surface area contributed by atoms with Crippen LogP contribution in [0, 0.1) is 5.92 Å². The third-order valence-corrected chi connectivity index (χ3v) is 5.21. The van der Waals surface area contributed by atoms with Gasteiger partial charge >= 0.3 is 0 Å². The van der Waals surface area contributed by atoms with Crippen LogP contribution in [0.1, 0.15) is 38.2 Å². The minimum atomic E-state index is 0.283. The molecule has 1 saturated carbocycles. The average Bonchev–Trinajstić information content (AvgIpc) is 3.43. The maximum absolute atomic E-state index is 6.32. The zero-order chi connectivity index (χ0) is 20.5. The standard InChI is InChI=1S/C22H33N5O2/c1-17(16-27-13-7-12-26-27)14-24-22(23-2)25-15-18-8-6-11-20(28-3)21(18)29-19-9-4-5-10-19/h6-8,11-13,17,19H,4-5,9-10,14-16H2,1-3H3,(H2,23,24,25). The summed E-state index contributed by atoms with van der Waals surface area (Å²) < 4.78 is 13.8. The molecule has 0 amide bonds. The first-order chi connectivity index (χ1) is 14.2. The van der Waals surface area contributed by atoms with Crippen molar-refractivity contribution in [1.82, 2.24) is 20.4 Å². The molecule has 1 aliphatic carbocycles. The van der Waals surface area contributed by atoms with Gasteiger partial charge in [0.2, 0.25) is 0 Å². The van der Waals surface area contributed by atoms with Crippen LogP contribution in [0.2, 0.25) is 0 Å². The maximum Gasteiger partial charge on any atom is 0.191 e. The molecule has 2 aromatic rings. The fraction of sp³-hybridized carbons (Fsp3) is 0.545. The number of hydrogen-bond acceptors (Lipinski definition) is 4. The van der Waals surface area contributed by atoms with E-state index < -0.39 is 0 Å². The predicted octanol–water partition coefficient (Wildman–Crippen LogP) is 3.21. The van der Waals surface area contributed by atoms with Gasteiger partial charge in [-0.25, -0.2) is 0 Å². The van der Waals surface area contributed by atoms with Crippen molar-refractivity contribution in [3.8, 4) is 11.5 Å². The molecule has 3 rings (SSSR count). The van der Waals surface area contributed by atoms with E-state index in [0.29, 0.717) is 12.5 Å². The molecular formula is C22H33N5O2. The van der Waals surface area contributed by atoms with Gasteiger partial charge in [0, 0.05) is 44.6 Å². The van der Waals surface area contributed by atoms with E-state index in [2.05, 4.69) is 33.7 Å². The summed E-state index contributed by atoms with van der Waals surface area (Å²) in [5.74, 6) is 2.82. The summed E-state index contributed by atoms with van der Waals surface area (Å²) in [6.45, 7) is 4.49. The molecule has 1 aromatic carbocycles. The van der Waals surface area contributed by atoms with E-state index in [1.807, 2.05) is 29.1 Å². The van der Waals surface area contributed by atoms with E-state index in [0.717, 1.165) is 49.0 Å². The van der Waals surface area contributed by atoms with Crippen molar-refractivity contribution in [3.05, 3.63) is 42.2 Å². The van der Waals surface area contributed by atoms with E-state index >= 15 is 0 Å². The highest BCUT2D eigenvalue weighted by atomic mass is 16.5. The van der Waals surface area contributed by atoms with E-state index in [1.165, 1.54) is 12.8 Å². The van der Waals surface area contributed by atoms with Crippen molar-refractivity contribution in [2.24, 2.45) is 10.9 Å². The van der Waals surface area contributed by atoms with Crippen LogP contribution in [0.3, 0.4) is 0 Å². The molecule has 158 valence electrons. The molecular weight excluding hydrogens is 366 g/mol. The second kappa shape index (κ2) is 10.7. The number of rotatable bonds is 9. The smallest absolute Gasteiger partial charge is 0.191 e. The number of aliphatic imine (C=N–C) groups is 1. The van der Waals surface area contributed by atoms with Crippen molar-refractivity contribution < 1.29 is 9.47 Å². The van der Waals surface area contributed by atoms with Gasteiger partial charge in [0.15, 0.2) is 17.5 Å². The molecule has 0 saturated heterocycles. The molecule has 7 heteroatoms. The highest BCUT2D eigenvalue weighted by molar-refractivity contribution is 5.79. The molecule has 1 unspecified atom stereocenters. The lowest BCUT2D eigenvalue weighted by Crippen LogP contribution is -2.39. The number of benzene rings is 1. The number of hydrogen-bond donors (Lipinski definition) is 2. The lowest BCUT2D eigenvalue weighted by atomic mass is 10.1. The van der Waals surface area contributed by atoms with Gasteiger partial charge in [-0.15, -0.1) is 0 Å². The van der Waals surface area contributed by atoms with Crippen LogP contribution in [0.4, 0.5) is 0 Å². The third kappa shape index (κ3) is 6.14. The quantitative estimate of drug-likeness (QED) is 0.500. The molecule has 0 radical (unpaired) electrons. The van der Waals surface area contributed by atoms with Crippen LogP contribution in [-0.4, -0.2) is 42.5 Å². The van der Waals surface area contributed by atoms with E-state index in [4.69, 9.17) is 9.47 Å². The van der Waals surface area contributed by atoms with E-state index in [9.17, 15) is 0 Å². The molecule has 1 heterocycles. The maximum atomic E-state index is 6.32. The Balaban J connectivity index is 1.55. The Hall–Kier alpha value is -2.70. The summed E-state index contributed by atoms with van der Waals surface area (Å²) in [4.78, 5) is 4.35. The van der Waals surface area contributed by atoms with Crippen LogP contribution in [-0.2, 0) is 13.1 Å². The fourth-order valence-corrected chi connectivity index (χ4v) is 3.63. The highest BCUT2D eigenvalue weighted by Gasteiger charge is 2.20. The molecule has 1 atom stereocenters. The zero-order valence-corrected chi connectivity index (χ0v) is 17.7. The van der Waals surface area contributed by atoms with Gasteiger partial charge < -0.3 is 20.1 Å². The first kappa shape index (κ1) is 21.0. The summed E-state index contributed by atoms with van der Waals surface area (Å²) in [5.41, 5.74) is 1.07. The minimum absolute atomic E-state index is 0.283. The lowest BCUT2D eigenvalue weighted by molar-refractivity contribution is 0.198. The number of para-hydroxylation sites is 1. The van der Waals surface area contributed by atoms with Crippen LogP contribution in [0.5, 0.6) is 11.5 Å².